The number of likely N-dealkylation sites (N-methyl/N-ethyl adjacent to an activating group) is 2. The smallest absolute Gasteiger partial charge is 0.512 e. The van der Waals surface area contributed by atoms with Crippen LogP contribution in [0.5, 0.6) is 0 Å². The second-order valence-electron chi connectivity index (χ2n) is 3.18. The van der Waals surface area contributed by atoms with E-state index in [1.54, 1.807) is 0 Å². The molecule has 0 aromatic heterocycles. The zero-order valence-electron chi connectivity index (χ0n) is 12.4. The summed E-state index contributed by atoms with van der Waals surface area (Å²) in [5, 5.41) is 40.6. The largest absolute Gasteiger partial charge is 5.00 e. The van der Waals surface area contributed by atoms with Gasteiger partial charge in [-0.3, -0.25) is 0 Å². The average Bonchev–Trinajstić information content (AvgIpc) is 2.48. The Morgan fingerprint density at radius 2 is 0.810 bits per heavy atom. The Hall–Kier alpha value is -2.15. The van der Waals surface area contributed by atoms with Crippen LogP contribution in [0, 0.1) is 59.2 Å². The van der Waals surface area contributed by atoms with Crippen molar-refractivity contribution in [3.05, 3.63) is 32.9 Å². The molecule has 0 aromatic carbocycles. The van der Waals surface area contributed by atoms with Crippen molar-refractivity contribution in [1.29, 1.82) is 26.3 Å². The predicted octanol–water partition coefficient (Wildman–Crippen LogP) is -0.0501. The molecule has 0 aliphatic carbocycles. The molecule has 0 spiro atoms. The van der Waals surface area contributed by atoms with Gasteiger partial charge in [0.1, 0.15) is 0 Å². The van der Waals surface area contributed by atoms with Gasteiger partial charge in [0.25, 0.3) is 0 Å². The van der Waals surface area contributed by atoms with E-state index in [1.165, 1.54) is 0 Å². The molecular formula is C12H18FeN7O. The van der Waals surface area contributed by atoms with Crippen molar-refractivity contribution < 1.29 is 22.2 Å². The number of hydrogen-bond donors (Lipinski definition) is 1. The summed E-state index contributed by atoms with van der Waals surface area (Å²) in [4.78, 5) is 3.96. The van der Waals surface area contributed by atoms with Crippen LogP contribution in [0.2, 0.25) is 0 Å². The second-order valence-corrected chi connectivity index (χ2v) is 3.18. The van der Waals surface area contributed by atoms with Gasteiger partial charge < -0.3 is 74.1 Å². The number of hydrogen-bond acceptors (Lipinski definition) is 8. The van der Waals surface area contributed by atoms with Crippen molar-refractivity contribution in [2.24, 2.45) is 0 Å². The first-order valence-electron chi connectivity index (χ1n) is 4.61. The van der Waals surface area contributed by atoms with Crippen LogP contribution in [0.4, 0.5) is 0 Å². The first kappa shape index (κ1) is 42.8. The molecule has 8 nitrogen and oxygen atoms in total. The molecular weight excluding hydrogens is 314 g/mol. The summed E-state index contributed by atoms with van der Waals surface area (Å²) >= 11 is 0. The van der Waals surface area contributed by atoms with Crippen LogP contribution in [0.25, 0.3) is 0 Å². The standard InChI is InChI=1S/C7H18N2O.5CN.Fe/c1-8(2)5-7(10)6-9(3)4;5*1-2;/h7,10H,5-6H2,1-4H3;;;;;;/q;5*-1;+5. The molecule has 0 saturated heterocycles. The van der Waals surface area contributed by atoms with Crippen LogP contribution in [-0.2, 0) is 17.1 Å². The quantitative estimate of drug-likeness (QED) is 0.557. The molecule has 0 atom stereocenters. The number of nitrogens with zero attached hydrogens (tertiary/aromatic N) is 7. The molecule has 1 N–H and O–H groups in total. The Morgan fingerprint density at radius 1 is 0.667 bits per heavy atom. The van der Waals surface area contributed by atoms with Gasteiger partial charge in [-0.05, 0) is 28.2 Å². The van der Waals surface area contributed by atoms with Crippen LogP contribution >= 0.6 is 0 Å². The van der Waals surface area contributed by atoms with Gasteiger partial charge in [-0.2, -0.15) is 0 Å². The van der Waals surface area contributed by atoms with Gasteiger partial charge in [-0.1, -0.05) is 0 Å². The van der Waals surface area contributed by atoms with E-state index >= 15 is 0 Å². The summed E-state index contributed by atoms with van der Waals surface area (Å²) in [7, 11) is 7.83. The van der Waals surface area contributed by atoms with Gasteiger partial charge in [0.2, 0.25) is 0 Å². The van der Waals surface area contributed by atoms with E-state index in [9.17, 15) is 5.11 Å². The maximum atomic E-state index is 9.31. The predicted molar refractivity (Wildman–Crippen MR) is 68.0 cm³/mol. The van der Waals surface area contributed by atoms with Crippen LogP contribution < -0.4 is 0 Å². The van der Waals surface area contributed by atoms with Gasteiger partial charge in [-0.15, -0.1) is 0 Å². The van der Waals surface area contributed by atoms with Crippen molar-refractivity contribution in [3.63, 3.8) is 0 Å². The summed E-state index contributed by atoms with van der Waals surface area (Å²) < 4.78 is 0. The third kappa shape index (κ3) is 131. The Kier molecular flexibility index (Phi) is 132. The first-order valence-corrected chi connectivity index (χ1v) is 4.61. The maximum absolute atomic E-state index is 9.31. The summed E-state index contributed by atoms with van der Waals surface area (Å²) in [6.45, 7) is 25.2. The SMILES string of the molecule is CN(C)CC(O)CN(C)C.[C-]#N.[C-]#N.[C-]#N.[C-]#N.[C-]#N.[Fe+5]. The van der Waals surface area contributed by atoms with Crippen molar-refractivity contribution in [2.45, 2.75) is 6.10 Å². The molecule has 0 fully saturated rings. The molecule has 115 valence electrons. The first-order chi connectivity index (χ1) is 9.52. The summed E-state index contributed by atoms with van der Waals surface area (Å²) in [5.41, 5.74) is 0. The number of rotatable bonds is 4. The third-order valence-electron chi connectivity index (χ3n) is 1.15. The fourth-order valence-electron chi connectivity index (χ4n) is 0.901. The molecule has 0 bridgehead atoms. The van der Waals surface area contributed by atoms with E-state index in [-0.39, 0.29) is 23.2 Å². The van der Waals surface area contributed by atoms with Gasteiger partial charge in [0.15, 0.2) is 0 Å². The Balaban J connectivity index is -0.0000000303. The fourth-order valence-corrected chi connectivity index (χ4v) is 0.901. The van der Waals surface area contributed by atoms with Crippen LogP contribution in [-0.4, -0.2) is 62.3 Å². The molecule has 0 aliphatic rings. The van der Waals surface area contributed by atoms with Crippen molar-refractivity contribution in [3.8, 4) is 0 Å². The van der Waals surface area contributed by atoms with E-state index in [0.29, 0.717) is 0 Å². The molecule has 0 aliphatic heterocycles. The molecule has 0 amide bonds. The van der Waals surface area contributed by atoms with E-state index in [4.69, 9.17) is 59.2 Å². The minimum Gasteiger partial charge on any atom is -0.512 e. The molecule has 0 heterocycles. The maximum Gasteiger partial charge on any atom is 5.00 e. The van der Waals surface area contributed by atoms with Crippen LogP contribution in [0.3, 0.4) is 0 Å². The molecule has 9 heteroatoms. The van der Waals surface area contributed by atoms with E-state index in [2.05, 4.69) is 0 Å². The normalized spacial score (nSPS) is 6.19. The van der Waals surface area contributed by atoms with Gasteiger partial charge in [0, 0.05) is 13.1 Å². The van der Waals surface area contributed by atoms with Crippen LogP contribution in [0.15, 0.2) is 0 Å². The van der Waals surface area contributed by atoms with Crippen molar-refractivity contribution >= 4 is 0 Å². The average molecular weight is 332 g/mol. The Bertz CT molecular complexity index is 201. The molecule has 0 aromatic rings. The second kappa shape index (κ2) is 64.7. The minimum absolute atomic E-state index is 0. The Morgan fingerprint density at radius 3 is 0.905 bits per heavy atom. The monoisotopic (exact) mass is 332 g/mol. The topological polar surface area (TPSA) is 146 Å². The van der Waals surface area contributed by atoms with E-state index in [1.807, 2.05) is 38.0 Å². The van der Waals surface area contributed by atoms with Gasteiger partial charge in [0.05, 0.1) is 6.10 Å². The summed E-state index contributed by atoms with van der Waals surface area (Å²) in [6.07, 6.45) is -0.231. The van der Waals surface area contributed by atoms with Crippen LogP contribution in [0.1, 0.15) is 0 Å². The van der Waals surface area contributed by atoms with E-state index < -0.39 is 0 Å². The molecule has 0 saturated carbocycles. The molecule has 21 heavy (non-hydrogen) atoms. The fraction of sp³-hybridized carbons (Fsp3) is 0.583. The third-order valence-corrected chi connectivity index (χ3v) is 1.15. The number of aliphatic hydroxyl groups is 1. The summed E-state index contributed by atoms with van der Waals surface area (Å²) in [5.74, 6) is 0. The molecule has 0 unspecified atom stereocenters. The molecule has 0 rings (SSSR count). The van der Waals surface area contributed by atoms with Gasteiger partial charge in [-0.25, -0.2) is 0 Å². The number of aliphatic hydroxyl groups excluding tert-OH is 1. The minimum atomic E-state index is -0.231. The zero-order valence-corrected chi connectivity index (χ0v) is 13.5. The van der Waals surface area contributed by atoms with E-state index in [0.717, 1.165) is 13.1 Å². The van der Waals surface area contributed by atoms with Crippen molar-refractivity contribution in [2.75, 3.05) is 41.3 Å². The molecule has 1 radical (unpaired) electrons. The summed E-state index contributed by atoms with van der Waals surface area (Å²) in [6, 6.07) is 0. The van der Waals surface area contributed by atoms with Gasteiger partial charge >= 0.3 is 17.1 Å². The zero-order chi connectivity index (χ0) is 18.1. The Labute approximate surface area is 139 Å². The van der Waals surface area contributed by atoms with Crippen molar-refractivity contribution in [1.82, 2.24) is 9.80 Å².